The molecule has 1 aromatic heterocycles. The van der Waals surface area contributed by atoms with Crippen molar-refractivity contribution in [2.24, 2.45) is 4.99 Å². The van der Waals surface area contributed by atoms with E-state index in [0.29, 0.717) is 37.2 Å². The Labute approximate surface area is 166 Å². The highest BCUT2D eigenvalue weighted by Crippen LogP contribution is 2.39. The van der Waals surface area contributed by atoms with E-state index in [4.69, 9.17) is 5.26 Å². The standard InChI is InChI=1S/C23H25FN4/c1-5-19-12-16(2)20(13-21(19)26-4)17(3)28-10-8-23(24,9-11-28)22-7-6-18(14-25)15-27-22/h6-7,12-13,15H,3-5,8-11H2,1-2H3. The molecule has 1 saturated heterocycles. The second-order valence-electron chi connectivity index (χ2n) is 7.25. The quantitative estimate of drug-likeness (QED) is 0.683. The Morgan fingerprint density at radius 1 is 1.36 bits per heavy atom. The molecule has 1 fully saturated rings. The monoisotopic (exact) mass is 376 g/mol. The predicted molar refractivity (Wildman–Crippen MR) is 111 cm³/mol. The topological polar surface area (TPSA) is 52.3 Å². The van der Waals surface area contributed by atoms with Gasteiger partial charge in [0.1, 0.15) is 6.07 Å². The second kappa shape index (κ2) is 7.93. The third-order valence-electron chi connectivity index (χ3n) is 5.58. The van der Waals surface area contributed by atoms with Crippen LogP contribution >= 0.6 is 0 Å². The first-order chi connectivity index (χ1) is 13.4. The smallest absolute Gasteiger partial charge is 0.156 e. The number of hydrogen-bond donors (Lipinski definition) is 0. The summed E-state index contributed by atoms with van der Waals surface area (Å²) in [6.07, 6.45) is 3.01. The van der Waals surface area contributed by atoms with Crippen LogP contribution in [0.25, 0.3) is 5.70 Å². The zero-order chi connectivity index (χ0) is 20.3. The van der Waals surface area contributed by atoms with Crippen molar-refractivity contribution in [2.75, 3.05) is 13.1 Å². The van der Waals surface area contributed by atoms with Gasteiger partial charge in [0, 0.05) is 43.4 Å². The van der Waals surface area contributed by atoms with Crippen LogP contribution in [0.5, 0.6) is 0 Å². The minimum Gasteiger partial charge on any atom is -0.371 e. The highest BCUT2D eigenvalue weighted by atomic mass is 19.1. The first-order valence-corrected chi connectivity index (χ1v) is 9.52. The molecule has 3 rings (SSSR count). The van der Waals surface area contributed by atoms with Gasteiger partial charge >= 0.3 is 0 Å². The van der Waals surface area contributed by atoms with Crippen LogP contribution in [0, 0.1) is 18.3 Å². The van der Waals surface area contributed by atoms with Crippen LogP contribution in [0.2, 0.25) is 0 Å². The van der Waals surface area contributed by atoms with Crippen LogP contribution in [0.4, 0.5) is 10.1 Å². The van der Waals surface area contributed by atoms with Crippen LogP contribution in [0.15, 0.2) is 42.0 Å². The molecule has 0 radical (unpaired) electrons. The Morgan fingerprint density at radius 2 is 2.07 bits per heavy atom. The summed E-state index contributed by atoms with van der Waals surface area (Å²) < 4.78 is 15.5. The summed E-state index contributed by atoms with van der Waals surface area (Å²) in [7, 11) is 0. The molecule has 5 heteroatoms. The summed E-state index contributed by atoms with van der Waals surface area (Å²) in [6.45, 7) is 13.2. The van der Waals surface area contributed by atoms with Crippen LogP contribution in [0.3, 0.4) is 0 Å². The van der Waals surface area contributed by atoms with Crippen molar-refractivity contribution in [2.45, 2.75) is 38.8 Å². The SMILES string of the molecule is C=Nc1cc(C(=C)N2CCC(F)(c3ccc(C#N)cn3)CC2)c(C)cc1CC. The molecule has 1 aromatic carbocycles. The van der Waals surface area contributed by atoms with Crippen molar-refractivity contribution in [1.29, 1.82) is 5.26 Å². The molecule has 1 aliphatic heterocycles. The van der Waals surface area contributed by atoms with Crippen LogP contribution in [0.1, 0.15) is 47.7 Å². The number of alkyl halides is 1. The number of pyridine rings is 1. The average Bonchev–Trinajstić information content (AvgIpc) is 2.73. The molecular formula is C23H25FN4. The maximum atomic E-state index is 15.5. The van der Waals surface area contributed by atoms with Crippen LogP contribution in [-0.2, 0) is 12.1 Å². The van der Waals surface area contributed by atoms with Crippen molar-refractivity contribution in [1.82, 2.24) is 9.88 Å². The van der Waals surface area contributed by atoms with E-state index in [1.54, 1.807) is 12.1 Å². The Bertz CT molecular complexity index is 932. The van der Waals surface area contributed by atoms with Gasteiger partial charge in [-0.15, -0.1) is 0 Å². The van der Waals surface area contributed by atoms with Gasteiger partial charge in [-0.3, -0.25) is 9.98 Å². The second-order valence-corrected chi connectivity index (χ2v) is 7.25. The number of nitrogens with zero attached hydrogens (tertiary/aromatic N) is 4. The minimum atomic E-state index is -1.47. The van der Waals surface area contributed by atoms with E-state index in [1.165, 1.54) is 6.20 Å². The van der Waals surface area contributed by atoms with Crippen molar-refractivity contribution < 1.29 is 4.39 Å². The van der Waals surface area contributed by atoms with E-state index in [1.807, 2.05) is 12.1 Å². The lowest BCUT2D eigenvalue weighted by Gasteiger charge is -2.38. The van der Waals surface area contributed by atoms with E-state index >= 15 is 4.39 Å². The molecule has 1 aliphatic rings. The third-order valence-corrected chi connectivity index (χ3v) is 5.58. The molecule has 0 bridgehead atoms. The summed E-state index contributed by atoms with van der Waals surface area (Å²) in [5, 5.41) is 8.89. The van der Waals surface area contributed by atoms with Gasteiger partial charge in [0.25, 0.3) is 0 Å². The number of aryl methyl sites for hydroxylation is 2. The van der Waals surface area contributed by atoms with Gasteiger partial charge < -0.3 is 4.90 Å². The molecule has 0 spiro atoms. The van der Waals surface area contributed by atoms with E-state index in [9.17, 15) is 0 Å². The number of hydrogen-bond acceptors (Lipinski definition) is 4. The number of aromatic nitrogens is 1. The van der Waals surface area contributed by atoms with E-state index in [-0.39, 0.29) is 0 Å². The predicted octanol–water partition coefficient (Wildman–Crippen LogP) is 5.09. The number of likely N-dealkylation sites (tertiary alicyclic amines) is 1. The molecule has 2 aromatic rings. The molecule has 144 valence electrons. The minimum absolute atomic E-state index is 0.337. The van der Waals surface area contributed by atoms with Crippen molar-refractivity contribution in [3.8, 4) is 6.07 Å². The van der Waals surface area contributed by atoms with Gasteiger partial charge in [0.15, 0.2) is 5.67 Å². The third kappa shape index (κ3) is 3.68. The molecule has 4 nitrogen and oxygen atoms in total. The maximum absolute atomic E-state index is 15.5. The van der Waals surface area contributed by atoms with Gasteiger partial charge in [0.05, 0.1) is 16.9 Å². The summed E-state index contributed by atoms with van der Waals surface area (Å²) in [6, 6.07) is 9.43. The summed E-state index contributed by atoms with van der Waals surface area (Å²) >= 11 is 0. The molecule has 0 amide bonds. The first-order valence-electron chi connectivity index (χ1n) is 9.52. The van der Waals surface area contributed by atoms with E-state index in [0.717, 1.165) is 34.5 Å². The molecule has 0 saturated carbocycles. The number of piperidine rings is 1. The average molecular weight is 376 g/mol. The first kappa shape index (κ1) is 19.8. The molecule has 0 unspecified atom stereocenters. The van der Waals surface area contributed by atoms with Crippen molar-refractivity contribution in [3.63, 3.8) is 0 Å². The number of nitriles is 1. The maximum Gasteiger partial charge on any atom is 0.156 e. The van der Waals surface area contributed by atoms with Gasteiger partial charge in [-0.05, 0) is 49.4 Å². The Morgan fingerprint density at radius 3 is 2.61 bits per heavy atom. The zero-order valence-corrected chi connectivity index (χ0v) is 16.5. The Hall–Kier alpha value is -3.00. The largest absolute Gasteiger partial charge is 0.371 e. The fourth-order valence-corrected chi connectivity index (χ4v) is 3.78. The number of aliphatic imine (C=N–C) groups is 1. The van der Waals surface area contributed by atoms with Crippen LogP contribution < -0.4 is 0 Å². The normalized spacial score (nSPS) is 15.7. The van der Waals surface area contributed by atoms with E-state index < -0.39 is 5.67 Å². The zero-order valence-electron chi connectivity index (χ0n) is 16.5. The van der Waals surface area contributed by atoms with Gasteiger partial charge in [-0.1, -0.05) is 19.6 Å². The molecule has 0 N–H and O–H groups in total. The fourth-order valence-electron chi connectivity index (χ4n) is 3.78. The van der Waals surface area contributed by atoms with Gasteiger partial charge in [-0.25, -0.2) is 4.39 Å². The highest BCUT2D eigenvalue weighted by Gasteiger charge is 2.38. The molecule has 0 aliphatic carbocycles. The summed E-state index contributed by atoms with van der Waals surface area (Å²) in [5.41, 5.74) is 4.47. The number of benzene rings is 1. The highest BCUT2D eigenvalue weighted by molar-refractivity contribution is 5.70. The summed E-state index contributed by atoms with van der Waals surface area (Å²) in [4.78, 5) is 10.4. The lowest BCUT2D eigenvalue weighted by molar-refractivity contribution is 0.0750. The Kier molecular flexibility index (Phi) is 5.60. The lowest BCUT2D eigenvalue weighted by Crippen LogP contribution is -2.39. The molecule has 0 atom stereocenters. The Balaban J connectivity index is 1.76. The fraction of sp³-hybridized carbons (Fsp3) is 0.348. The van der Waals surface area contributed by atoms with Crippen molar-refractivity contribution in [3.05, 3.63) is 65.0 Å². The molecular weight excluding hydrogens is 351 g/mol. The molecule has 28 heavy (non-hydrogen) atoms. The van der Waals surface area contributed by atoms with Gasteiger partial charge in [-0.2, -0.15) is 5.26 Å². The lowest BCUT2D eigenvalue weighted by atomic mass is 9.88. The van der Waals surface area contributed by atoms with Gasteiger partial charge in [0.2, 0.25) is 0 Å². The number of rotatable bonds is 5. The molecule has 2 heterocycles. The summed E-state index contributed by atoms with van der Waals surface area (Å²) in [5.74, 6) is 0. The van der Waals surface area contributed by atoms with Crippen LogP contribution in [-0.4, -0.2) is 29.7 Å². The number of halogens is 1. The van der Waals surface area contributed by atoms with E-state index in [2.05, 4.69) is 48.1 Å². The van der Waals surface area contributed by atoms with Crippen molar-refractivity contribution >= 4 is 18.1 Å².